The Morgan fingerprint density at radius 3 is 2.64 bits per heavy atom. The van der Waals surface area contributed by atoms with Crippen LogP contribution in [0.2, 0.25) is 0 Å². The van der Waals surface area contributed by atoms with Crippen molar-refractivity contribution < 1.29 is 9.59 Å². The largest absolute Gasteiger partial charge is 0.352 e. The zero-order valence-corrected chi connectivity index (χ0v) is 13.7. The van der Waals surface area contributed by atoms with E-state index in [4.69, 9.17) is 5.73 Å². The van der Waals surface area contributed by atoms with E-state index in [9.17, 15) is 9.59 Å². The van der Waals surface area contributed by atoms with Crippen molar-refractivity contribution in [3.05, 3.63) is 35.4 Å². The molecule has 5 nitrogen and oxygen atoms in total. The van der Waals surface area contributed by atoms with Crippen LogP contribution in [-0.4, -0.2) is 23.9 Å². The highest BCUT2D eigenvalue weighted by molar-refractivity contribution is 5.94. The summed E-state index contributed by atoms with van der Waals surface area (Å²) in [5.74, 6) is -0.105. The highest BCUT2D eigenvalue weighted by Crippen LogP contribution is 2.06. The van der Waals surface area contributed by atoms with Crippen molar-refractivity contribution >= 4 is 11.8 Å². The van der Waals surface area contributed by atoms with Gasteiger partial charge in [-0.3, -0.25) is 9.59 Å². The van der Waals surface area contributed by atoms with Gasteiger partial charge < -0.3 is 16.4 Å². The molecule has 1 aromatic carbocycles. The van der Waals surface area contributed by atoms with E-state index in [-0.39, 0.29) is 23.9 Å². The summed E-state index contributed by atoms with van der Waals surface area (Å²) in [6, 6.07) is 7.48. The van der Waals surface area contributed by atoms with Crippen LogP contribution in [0, 0.1) is 0 Å². The molecule has 0 radical (unpaired) electrons. The van der Waals surface area contributed by atoms with Gasteiger partial charge in [0.25, 0.3) is 5.91 Å². The van der Waals surface area contributed by atoms with Crippen LogP contribution in [0.3, 0.4) is 0 Å². The van der Waals surface area contributed by atoms with Crippen molar-refractivity contribution in [2.45, 2.75) is 58.7 Å². The number of rotatable bonds is 8. The molecular weight excluding hydrogens is 278 g/mol. The fourth-order valence-electron chi connectivity index (χ4n) is 1.88. The van der Waals surface area contributed by atoms with Crippen molar-refractivity contribution in [2.24, 2.45) is 5.73 Å². The van der Waals surface area contributed by atoms with Crippen molar-refractivity contribution in [3.8, 4) is 0 Å². The standard InChI is InChI=1S/C17H27N3O2/c1-4-13(3)20-17(22)15-7-5-6-14(10-15)11-19-16(21)9-8-12(2)18/h5-7,10,12-13H,4,8-9,11,18H2,1-3H3,(H,19,21)(H,20,22). The number of nitrogens with one attached hydrogen (secondary N) is 2. The molecule has 2 atom stereocenters. The molecular formula is C17H27N3O2. The fourth-order valence-corrected chi connectivity index (χ4v) is 1.88. The Morgan fingerprint density at radius 1 is 1.27 bits per heavy atom. The second-order valence-corrected chi connectivity index (χ2v) is 5.78. The number of hydrogen-bond donors (Lipinski definition) is 3. The number of carbonyl (C=O) groups excluding carboxylic acids is 2. The Morgan fingerprint density at radius 2 is 2.00 bits per heavy atom. The van der Waals surface area contributed by atoms with Crippen molar-refractivity contribution in [2.75, 3.05) is 0 Å². The minimum Gasteiger partial charge on any atom is -0.352 e. The third-order valence-corrected chi connectivity index (χ3v) is 3.50. The molecule has 0 bridgehead atoms. The van der Waals surface area contributed by atoms with E-state index in [0.29, 0.717) is 24.9 Å². The molecule has 0 saturated carbocycles. The van der Waals surface area contributed by atoms with Gasteiger partial charge in [0.2, 0.25) is 5.91 Å². The maximum atomic E-state index is 12.1. The van der Waals surface area contributed by atoms with E-state index >= 15 is 0 Å². The normalized spacial score (nSPS) is 13.3. The van der Waals surface area contributed by atoms with Gasteiger partial charge in [-0.25, -0.2) is 0 Å². The summed E-state index contributed by atoms with van der Waals surface area (Å²) in [4.78, 5) is 23.7. The lowest BCUT2D eigenvalue weighted by molar-refractivity contribution is -0.121. The third-order valence-electron chi connectivity index (χ3n) is 3.50. The minimum absolute atomic E-state index is 0.0215. The molecule has 2 amide bonds. The predicted octanol–water partition coefficient (Wildman–Crippen LogP) is 1.96. The summed E-state index contributed by atoms with van der Waals surface area (Å²) in [5.41, 5.74) is 7.15. The first-order valence-corrected chi connectivity index (χ1v) is 7.84. The van der Waals surface area contributed by atoms with E-state index in [1.807, 2.05) is 39.0 Å². The molecule has 0 aliphatic carbocycles. The van der Waals surface area contributed by atoms with E-state index in [0.717, 1.165) is 12.0 Å². The molecule has 0 fully saturated rings. The maximum Gasteiger partial charge on any atom is 0.251 e. The third kappa shape index (κ3) is 6.72. The number of hydrogen-bond acceptors (Lipinski definition) is 3. The topological polar surface area (TPSA) is 84.2 Å². The second kappa shape index (κ2) is 9.20. The zero-order chi connectivity index (χ0) is 16.5. The van der Waals surface area contributed by atoms with Crippen molar-refractivity contribution in [1.82, 2.24) is 10.6 Å². The van der Waals surface area contributed by atoms with Gasteiger partial charge in [-0.15, -0.1) is 0 Å². The van der Waals surface area contributed by atoms with Gasteiger partial charge >= 0.3 is 0 Å². The molecule has 0 aliphatic heterocycles. The Hall–Kier alpha value is -1.88. The Balaban J connectivity index is 2.53. The van der Waals surface area contributed by atoms with Gasteiger partial charge in [0.15, 0.2) is 0 Å². The van der Waals surface area contributed by atoms with Gasteiger partial charge in [0, 0.05) is 30.6 Å². The first-order valence-electron chi connectivity index (χ1n) is 7.84. The monoisotopic (exact) mass is 305 g/mol. The fraction of sp³-hybridized carbons (Fsp3) is 0.529. The van der Waals surface area contributed by atoms with Gasteiger partial charge in [-0.05, 0) is 44.4 Å². The van der Waals surface area contributed by atoms with E-state index < -0.39 is 0 Å². The Kier molecular flexibility index (Phi) is 7.60. The highest BCUT2D eigenvalue weighted by atomic mass is 16.2. The maximum absolute atomic E-state index is 12.1. The van der Waals surface area contributed by atoms with E-state index in [2.05, 4.69) is 10.6 Å². The summed E-state index contributed by atoms with van der Waals surface area (Å²) in [6.45, 7) is 6.30. The van der Waals surface area contributed by atoms with Gasteiger partial charge in [-0.1, -0.05) is 19.1 Å². The van der Waals surface area contributed by atoms with Crippen LogP contribution in [0.1, 0.15) is 56.0 Å². The lowest BCUT2D eigenvalue weighted by Gasteiger charge is -2.12. The lowest BCUT2D eigenvalue weighted by Crippen LogP contribution is -2.32. The molecule has 1 rings (SSSR count). The lowest BCUT2D eigenvalue weighted by atomic mass is 10.1. The van der Waals surface area contributed by atoms with Gasteiger partial charge in [0.1, 0.15) is 0 Å². The van der Waals surface area contributed by atoms with Crippen LogP contribution in [0.25, 0.3) is 0 Å². The molecule has 0 aliphatic rings. The summed E-state index contributed by atoms with van der Waals surface area (Å²) in [7, 11) is 0. The minimum atomic E-state index is -0.0838. The SMILES string of the molecule is CCC(C)NC(=O)c1cccc(CNC(=O)CCC(C)N)c1. The van der Waals surface area contributed by atoms with Crippen LogP contribution >= 0.6 is 0 Å². The molecule has 0 heterocycles. The van der Waals surface area contributed by atoms with Crippen LogP contribution in [-0.2, 0) is 11.3 Å². The van der Waals surface area contributed by atoms with E-state index in [1.54, 1.807) is 6.07 Å². The first kappa shape index (κ1) is 18.2. The van der Waals surface area contributed by atoms with Crippen LogP contribution in [0.15, 0.2) is 24.3 Å². The van der Waals surface area contributed by atoms with Gasteiger partial charge in [0.05, 0.1) is 0 Å². The molecule has 22 heavy (non-hydrogen) atoms. The summed E-state index contributed by atoms with van der Waals surface area (Å²) >= 11 is 0. The Bertz CT molecular complexity index is 500. The number of benzene rings is 1. The number of nitrogens with two attached hydrogens (primary N) is 1. The van der Waals surface area contributed by atoms with Crippen molar-refractivity contribution in [1.29, 1.82) is 0 Å². The second-order valence-electron chi connectivity index (χ2n) is 5.78. The summed E-state index contributed by atoms with van der Waals surface area (Å²) in [5, 5.41) is 5.78. The number of carbonyl (C=O) groups is 2. The molecule has 5 heteroatoms. The smallest absolute Gasteiger partial charge is 0.251 e. The van der Waals surface area contributed by atoms with Crippen molar-refractivity contribution in [3.63, 3.8) is 0 Å². The number of amides is 2. The molecule has 0 aromatic heterocycles. The van der Waals surface area contributed by atoms with Crippen LogP contribution in [0.4, 0.5) is 0 Å². The average Bonchev–Trinajstić information content (AvgIpc) is 2.50. The van der Waals surface area contributed by atoms with E-state index in [1.165, 1.54) is 0 Å². The van der Waals surface area contributed by atoms with Crippen LogP contribution in [0.5, 0.6) is 0 Å². The summed E-state index contributed by atoms with van der Waals surface area (Å²) < 4.78 is 0. The predicted molar refractivity (Wildman–Crippen MR) is 88.4 cm³/mol. The molecule has 1 aromatic rings. The first-order chi connectivity index (χ1) is 10.4. The average molecular weight is 305 g/mol. The van der Waals surface area contributed by atoms with Crippen LogP contribution < -0.4 is 16.4 Å². The quantitative estimate of drug-likeness (QED) is 0.686. The van der Waals surface area contributed by atoms with Gasteiger partial charge in [-0.2, -0.15) is 0 Å². The Labute approximate surface area is 132 Å². The molecule has 4 N–H and O–H groups in total. The molecule has 2 unspecified atom stereocenters. The highest BCUT2D eigenvalue weighted by Gasteiger charge is 2.09. The zero-order valence-electron chi connectivity index (χ0n) is 13.7. The molecule has 0 spiro atoms. The molecule has 122 valence electrons. The molecule has 0 saturated heterocycles. The summed E-state index contributed by atoms with van der Waals surface area (Å²) in [6.07, 6.45) is 1.98.